The van der Waals surface area contributed by atoms with Crippen LogP contribution in [0.15, 0.2) is 6.33 Å². The average molecular weight is 277 g/mol. The lowest BCUT2D eigenvalue weighted by atomic mass is 9.84. The van der Waals surface area contributed by atoms with E-state index >= 15 is 0 Å². The molecule has 0 aliphatic heterocycles. The molecule has 0 saturated heterocycles. The van der Waals surface area contributed by atoms with Gasteiger partial charge in [0.15, 0.2) is 5.82 Å². The van der Waals surface area contributed by atoms with Gasteiger partial charge in [-0.05, 0) is 44.9 Å². The SMILES string of the molecule is CC(C)n1cnnc1CNC(=O)C1C2CCC(C2)C1N. The van der Waals surface area contributed by atoms with Gasteiger partial charge in [0.25, 0.3) is 0 Å². The highest BCUT2D eigenvalue weighted by Crippen LogP contribution is 2.47. The van der Waals surface area contributed by atoms with Gasteiger partial charge in [0.2, 0.25) is 5.91 Å². The van der Waals surface area contributed by atoms with Crippen molar-refractivity contribution in [3.05, 3.63) is 12.2 Å². The third-order valence-corrected chi connectivity index (χ3v) is 4.91. The monoisotopic (exact) mass is 277 g/mol. The number of nitrogens with one attached hydrogen (secondary N) is 1. The van der Waals surface area contributed by atoms with E-state index in [0.29, 0.717) is 24.4 Å². The van der Waals surface area contributed by atoms with Gasteiger partial charge in [-0.3, -0.25) is 4.79 Å². The van der Waals surface area contributed by atoms with Crippen LogP contribution in [0.1, 0.15) is 45.0 Å². The molecule has 2 aliphatic rings. The Labute approximate surface area is 119 Å². The molecule has 1 aromatic rings. The van der Waals surface area contributed by atoms with Crippen molar-refractivity contribution in [3.63, 3.8) is 0 Å². The molecule has 3 rings (SSSR count). The number of carbonyl (C=O) groups excluding carboxylic acids is 1. The highest BCUT2D eigenvalue weighted by molar-refractivity contribution is 5.80. The number of fused-ring (bicyclic) bond motifs is 2. The highest BCUT2D eigenvalue weighted by Gasteiger charge is 2.48. The zero-order chi connectivity index (χ0) is 14.3. The normalized spacial score (nSPS) is 32.0. The van der Waals surface area contributed by atoms with Crippen molar-refractivity contribution in [2.75, 3.05) is 0 Å². The number of carbonyl (C=O) groups is 1. The quantitative estimate of drug-likeness (QED) is 0.854. The van der Waals surface area contributed by atoms with Gasteiger partial charge in [-0.2, -0.15) is 0 Å². The number of amides is 1. The van der Waals surface area contributed by atoms with Crippen molar-refractivity contribution in [2.45, 2.75) is 51.7 Å². The third kappa shape index (κ3) is 2.22. The molecule has 110 valence electrons. The number of hydrogen-bond acceptors (Lipinski definition) is 4. The summed E-state index contributed by atoms with van der Waals surface area (Å²) in [7, 11) is 0. The van der Waals surface area contributed by atoms with Crippen LogP contribution in [0.25, 0.3) is 0 Å². The maximum atomic E-state index is 12.4. The zero-order valence-corrected chi connectivity index (χ0v) is 12.1. The van der Waals surface area contributed by atoms with E-state index in [9.17, 15) is 4.79 Å². The molecule has 0 aromatic carbocycles. The molecule has 4 atom stereocenters. The molecule has 0 spiro atoms. The van der Waals surface area contributed by atoms with Crippen molar-refractivity contribution in [1.82, 2.24) is 20.1 Å². The van der Waals surface area contributed by atoms with E-state index in [1.165, 1.54) is 6.42 Å². The Morgan fingerprint density at radius 3 is 2.90 bits per heavy atom. The second-order valence-electron chi connectivity index (χ2n) is 6.40. The molecule has 2 saturated carbocycles. The van der Waals surface area contributed by atoms with Crippen LogP contribution in [0.3, 0.4) is 0 Å². The molecule has 1 aromatic heterocycles. The fourth-order valence-electron chi connectivity index (χ4n) is 3.83. The van der Waals surface area contributed by atoms with Gasteiger partial charge in [-0.25, -0.2) is 0 Å². The van der Waals surface area contributed by atoms with Crippen molar-refractivity contribution >= 4 is 5.91 Å². The van der Waals surface area contributed by atoms with Gasteiger partial charge in [0.1, 0.15) is 6.33 Å². The lowest BCUT2D eigenvalue weighted by molar-refractivity contribution is -0.127. The molecule has 1 amide bonds. The van der Waals surface area contributed by atoms with E-state index in [1.54, 1.807) is 6.33 Å². The van der Waals surface area contributed by atoms with E-state index < -0.39 is 0 Å². The summed E-state index contributed by atoms with van der Waals surface area (Å²) in [6.07, 6.45) is 5.17. The van der Waals surface area contributed by atoms with Gasteiger partial charge in [0.05, 0.1) is 12.5 Å². The molecule has 1 heterocycles. The minimum atomic E-state index is -0.0100. The van der Waals surface area contributed by atoms with Crippen LogP contribution in [0.5, 0.6) is 0 Å². The Kier molecular flexibility index (Phi) is 3.50. The topological polar surface area (TPSA) is 85.8 Å². The van der Waals surface area contributed by atoms with E-state index in [2.05, 4.69) is 29.4 Å². The van der Waals surface area contributed by atoms with Gasteiger partial charge < -0.3 is 15.6 Å². The Hall–Kier alpha value is -1.43. The third-order valence-electron chi connectivity index (χ3n) is 4.91. The number of hydrogen-bond donors (Lipinski definition) is 2. The van der Waals surface area contributed by atoms with Crippen LogP contribution in [0, 0.1) is 17.8 Å². The van der Waals surface area contributed by atoms with Crippen LogP contribution < -0.4 is 11.1 Å². The second-order valence-corrected chi connectivity index (χ2v) is 6.40. The Morgan fingerprint density at radius 2 is 2.25 bits per heavy atom. The fraction of sp³-hybridized carbons (Fsp3) is 0.786. The lowest BCUT2D eigenvalue weighted by Crippen LogP contribution is -2.45. The molecule has 2 aliphatic carbocycles. The molecule has 20 heavy (non-hydrogen) atoms. The molecule has 6 nitrogen and oxygen atoms in total. The minimum absolute atomic E-state index is 0.0100. The molecule has 4 unspecified atom stereocenters. The lowest BCUT2D eigenvalue weighted by Gasteiger charge is -2.27. The maximum absolute atomic E-state index is 12.4. The summed E-state index contributed by atoms with van der Waals surface area (Å²) >= 11 is 0. The van der Waals surface area contributed by atoms with E-state index in [-0.39, 0.29) is 17.9 Å². The summed E-state index contributed by atoms with van der Waals surface area (Å²) in [4.78, 5) is 12.4. The molecular formula is C14H23N5O. The highest BCUT2D eigenvalue weighted by atomic mass is 16.2. The first-order chi connectivity index (χ1) is 9.58. The molecule has 0 radical (unpaired) electrons. The van der Waals surface area contributed by atoms with Gasteiger partial charge in [0, 0.05) is 12.1 Å². The Bertz CT molecular complexity index is 496. The van der Waals surface area contributed by atoms with Crippen molar-refractivity contribution in [1.29, 1.82) is 0 Å². The van der Waals surface area contributed by atoms with E-state index in [4.69, 9.17) is 5.73 Å². The largest absolute Gasteiger partial charge is 0.348 e. The predicted octanol–water partition coefficient (Wildman–Crippen LogP) is 0.849. The fourth-order valence-corrected chi connectivity index (χ4v) is 3.83. The number of rotatable bonds is 4. The van der Waals surface area contributed by atoms with Crippen molar-refractivity contribution < 1.29 is 4.79 Å². The minimum Gasteiger partial charge on any atom is -0.348 e. The number of nitrogens with zero attached hydrogens (tertiary/aromatic N) is 3. The number of nitrogens with two attached hydrogens (primary N) is 1. The summed E-state index contributed by atoms with van der Waals surface area (Å²) in [5.74, 6) is 1.91. The van der Waals surface area contributed by atoms with Crippen LogP contribution in [0.4, 0.5) is 0 Å². The summed E-state index contributed by atoms with van der Waals surface area (Å²) < 4.78 is 1.97. The first kappa shape index (κ1) is 13.5. The smallest absolute Gasteiger partial charge is 0.225 e. The molecule has 2 fully saturated rings. The average Bonchev–Trinajstić information content (AvgIpc) is 3.10. The number of aromatic nitrogens is 3. The Balaban J connectivity index is 1.61. The predicted molar refractivity (Wildman–Crippen MR) is 74.6 cm³/mol. The van der Waals surface area contributed by atoms with Crippen molar-refractivity contribution in [3.8, 4) is 0 Å². The van der Waals surface area contributed by atoms with Crippen LogP contribution >= 0.6 is 0 Å². The van der Waals surface area contributed by atoms with Crippen molar-refractivity contribution in [2.24, 2.45) is 23.5 Å². The summed E-state index contributed by atoms with van der Waals surface area (Å²) in [6, 6.07) is 0.332. The first-order valence-electron chi connectivity index (χ1n) is 7.49. The summed E-state index contributed by atoms with van der Waals surface area (Å²) in [6.45, 7) is 4.57. The van der Waals surface area contributed by atoms with Crippen LogP contribution in [0.2, 0.25) is 0 Å². The molecule has 6 heteroatoms. The molecule has 2 bridgehead atoms. The Morgan fingerprint density at radius 1 is 1.50 bits per heavy atom. The van der Waals surface area contributed by atoms with Gasteiger partial charge >= 0.3 is 0 Å². The standard InChI is InChI=1S/C14H23N5O/c1-8(2)19-7-17-18-11(19)6-16-14(20)12-9-3-4-10(5-9)13(12)15/h7-10,12-13H,3-6,15H2,1-2H3,(H,16,20). The summed E-state index contributed by atoms with van der Waals surface area (Å²) in [5.41, 5.74) is 6.20. The van der Waals surface area contributed by atoms with Crippen LogP contribution in [-0.2, 0) is 11.3 Å². The maximum Gasteiger partial charge on any atom is 0.225 e. The van der Waals surface area contributed by atoms with Gasteiger partial charge in [-0.1, -0.05) is 0 Å². The van der Waals surface area contributed by atoms with Gasteiger partial charge in [-0.15, -0.1) is 10.2 Å². The van der Waals surface area contributed by atoms with Crippen LogP contribution in [-0.4, -0.2) is 26.7 Å². The molecule has 3 N–H and O–H groups in total. The second kappa shape index (κ2) is 5.16. The molecular weight excluding hydrogens is 254 g/mol. The first-order valence-corrected chi connectivity index (χ1v) is 7.49. The van der Waals surface area contributed by atoms with E-state index in [1.807, 2.05) is 4.57 Å². The zero-order valence-electron chi connectivity index (χ0n) is 12.1. The summed E-state index contributed by atoms with van der Waals surface area (Å²) in [5, 5.41) is 11.0. The van der Waals surface area contributed by atoms with E-state index in [0.717, 1.165) is 18.7 Å².